The van der Waals surface area contributed by atoms with E-state index in [2.05, 4.69) is 16.8 Å². The summed E-state index contributed by atoms with van der Waals surface area (Å²) < 4.78 is 0. The number of aromatic nitrogens is 1. The van der Waals surface area contributed by atoms with Crippen molar-refractivity contribution in [3.05, 3.63) is 45.9 Å². The Morgan fingerprint density at radius 2 is 1.91 bits per heavy atom. The van der Waals surface area contributed by atoms with E-state index in [1.807, 2.05) is 29.3 Å². The Morgan fingerprint density at radius 1 is 1.12 bits per heavy atom. The number of thiazole rings is 1. The molecule has 7 nitrogen and oxygen atoms in total. The largest absolute Gasteiger partial charge is 0.370 e. The number of carbonyl (C=O) groups is 3. The van der Waals surface area contributed by atoms with Gasteiger partial charge in [0.05, 0.1) is 28.8 Å². The van der Waals surface area contributed by atoms with E-state index in [-0.39, 0.29) is 23.6 Å². The number of piperidine rings is 2. The van der Waals surface area contributed by atoms with Gasteiger partial charge in [-0.3, -0.25) is 19.3 Å². The Bertz CT molecular complexity index is 1060. The fraction of sp³-hybridized carbons (Fsp3) is 0.520. The van der Waals surface area contributed by atoms with Crippen LogP contribution in [0.1, 0.15) is 71.3 Å². The van der Waals surface area contributed by atoms with E-state index < -0.39 is 6.04 Å². The maximum atomic E-state index is 13.5. The molecule has 3 aliphatic rings. The average Bonchev–Trinajstić information content (AvgIpc) is 3.46. The fourth-order valence-electron chi connectivity index (χ4n) is 5.34. The van der Waals surface area contributed by atoms with Crippen LogP contribution in [-0.2, 0) is 4.79 Å². The SMILES string of the molecule is CC1CCN(C(=O)[C@H]2CCCN(c3cccc4c3C(=O)N([C@@H](C)c3nccs3)C4=O)C2)CC1. The number of hydrogen-bond acceptors (Lipinski definition) is 6. The Hall–Kier alpha value is -2.74. The van der Waals surface area contributed by atoms with E-state index in [1.165, 1.54) is 16.2 Å². The van der Waals surface area contributed by atoms with E-state index in [9.17, 15) is 14.4 Å². The van der Waals surface area contributed by atoms with Gasteiger partial charge in [-0.2, -0.15) is 0 Å². The molecule has 174 valence electrons. The number of likely N-dealkylation sites (tertiary alicyclic amines) is 1. The molecule has 3 amide bonds. The third-order valence-corrected chi connectivity index (χ3v) is 8.27. The minimum Gasteiger partial charge on any atom is -0.370 e. The summed E-state index contributed by atoms with van der Waals surface area (Å²) in [6, 6.07) is 5.07. The van der Waals surface area contributed by atoms with Gasteiger partial charge in [-0.05, 0) is 50.7 Å². The van der Waals surface area contributed by atoms with Crippen LogP contribution in [0.15, 0.2) is 29.8 Å². The number of imide groups is 1. The summed E-state index contributed by atoms with van der Waals surface area (Å²) in [5, 5.41) is 2.59. The van der Waals surface area contributed by atoms with Gasteiger partial charge in [0.15, 0.2) is 0 Å². The Kier molecular flexibility index (Phi) is 5.95. The maximum absolute atomic E-state index is 13.5. The summed E-state index contributed by atoms with van der Waals surface area (Å²) in [5.74, 6) is 0.307. The zero-order valence-corrected chi connectivity index (χ0v) is 20.0. The lowest BCUT2D eigenvalue weighted by Gasteiger charge is -2.38. The highest BCUT2D eigenvalue weighted by Gasteiger charge is 2.42. The fourth-order valence-corrected chi connectivity index (χ4v) is 6.02. The summed E-state index contributed by atoms with van der Waals surface area (Å²) in [7, 11) is 0. The van der Waals surface area contributed by atoms with Crippen molar-refractivity contribution in [3.8, 4) is 0 Å². The van der Waals surface area contributed by atoms with Gasteiger partial charge in [0.25, 0.3) is 11.8 Å². The van der Waals surface area contributed by atoms with Gasteiger partial charge < -0.3 is 9.80 Å². The van der Waals surface area contributed by atoms with Crippen molar-refractivity contribution in [2.45, 2.75) is 45.6 Å². The number of amides is 3. The van der Waals surface area contributed by atoms with Gasteiger partial charge in [0, 0.05) is 37.8 Å². The molecule has 5 rings (SSSR count). The van der Waals surface area contributed by atoms with Crippen LogP contribution >= 0.6 is 11.3 Å². The van der Waals surface area contributed by atoms with E-state index in [1.54, 1.807) is 12.3 Å². The maximum Gasteiger partial charge on any atom is 0.264 e. The van der Waals surface area contributed by atoms with Crippen molar-refractivity contribution >= 4 is 34.7 Å². The van der Waals surface area contributed by atoms with Crippen LogP contribution in [0.25, 0.3) is 0 Å². The Balaban J connectivity index is 1.38. The zero-order valence-electron chi connectivity index (χ0n) is 19.2. The first kappa shape index (κ1) is 22.1. The standard InChI is InChI=1S/C25H30N4O3S/c1-16-8-12-27(13-9-16)23(30)18-5-4-11-28(15-18)20-7-3-6-19-21(20)25(32)29(24(19)31)17(2)22-26-10-14-33-22/h3,6-7,10,14,16-18H,4-5,8-9,11-13,15H2,1-2H3/t17-,18-/m0/s1. The summed E-state index contributed by atoms with van der Waals surface area (Å²) in [5.41, 5.74) is 1.68. The minimum atomic E-state index is -0.414. The molecule has 8 heteroatoms. The Morgan fingerprint density at radius 3 is 2.64 bits per heavy atom. The number of rotatable bonds is 4. The highest BCUT2D eigenvalue weighted by Crippen LogP contribution is 2.38. The van der Waals surface area contributed by atoms with Crippen LogP contribution in [0.3, 0.4) is 0 Å². The molecular weight excluding hydrogens is 436 g/mol. The van der Waals surface area contributed by atoms with Crippen LogP contribution < -0.4 is 4.90 Å². The lowest BCUT2D eigenvalue weighted by Crippen LogP contribution is -2.47. The van der Waals surface area contributed by atoms with Gasteiger partial charge in [-0.15, -0.1) is 11.3 Å². The number of nitrogens with zero attached hydrogens (tertiary/aromatic N) is 4. The quantitative estimate of drug-likeness (QED) is 0.638. The molecule has 1 aromatic heterocycles. The molecule has 1 aromatic carbocycles. The molecule has 0 aliphatic carbocycles. The van der Waals surface area contributed by atoms with Gasteiger partial charge in [-0.25, -0.2) is 4.98 Å². The second-order valence-corrected chi connectivity index (χ2v) is 10.4. The number of hydrogen-bond donors (Lipinski definition) is 0. The number of anilines is 1. The predicted molar refractivity (Wildman–Crippen MR) is 127 cm³/mol. The van der Waals surface area contributed by atoms with Crippen molar-refractivity contribution < 1.29 is 14.4 Å². The van der Waals surface area contributed by atoms with Crippen LogP contribution in [0.4, 0.5) is 5.69 Å². The molecule has 3 aliphatic heterocycles. The topological polar surface area (TPSA) is 73.8 Å². The van der Waals surface area contributed by atoms with Crippen molar-refractivity contribution in [2.75, 3.05) is 31.1 Å². The van der Waals surface area contributed by atoms with Gasteiger partial charge in [0.1, 0.15) is 5.01 Å². The van der Waals surface area contributed by atoms with Gasteiger partial charge in [-0.1, -0.05) is 13.0 Å². The summed E-state index contributed by atoms with van der Waals surface area (Å²) in [6.45, 7) is 7.14. The molecule has 0 unspecified atom stereocenters. The second-order valence-electron chi connectivity index (χ2n) is 9.52. The van der Waals surface area contributed by atoms with Crippen LogP contribution in [-0.4, -0.2) is 58.7 Å². The molecule has 33 heavy (non-hydrogen) atoms. The van der Waals surface area contributed by atoms with E-state index >= 15 is 0 Å². The third-order valence-electron chi connectivity index (χ3n) is 7.33. The van der Waals surface area contributed by atoms with Crippen molar-refractivity contribution in [1.82, 2.24) is 14.8 Å². The van der Waals surface area contributed by atoms with Gasteiger partial charge in [0.2, 0.25) is 5.91 Å². The molecule has 2 saturated heterocycles. The van der Waals surface area contributed by atoms with E-state index in [0.29, 0.717) is 23.6 Å². The van der Waals surface area contributed by atoms with E-state index in [4.69, 9.17) is 0 Å². The first-order valence-electron chi connectivity index (χ1n) is 11.9. The molecule has 0 spiro atoms. The number of fused-ring (bicyclic) bond motifs is 1. The molecule has 4 heterocycles. The second kappa shape index (κ2) is 8.89. The van der Waals surface area contributed by atoms with Crippen molar-refractivity contribution in [3.63, 3.8) is 0 Å². The monoisotopic (exact) mass is 466 g/mol. The first-order valence-corrected chi connectivity index (χ1v) is 12.8. The highest BCUT2D eigenvalue weighted by atomic mass is 32.1. The average molecular weight is 467 g/mol. The first-order chi connectivity index (χ1) is 16.0. The summed E-state index contributed by atoms with van der Waals surface area (Å²) >= 11 is 1.44. The lowest BCUT2D eigenvalue weighted by molar-refractivity contribution is -0.137. The highest BCUT2D eigenvalue weighted by molar-refractivity contribution is 7.09. The molecule has 0 bridgehead atoms. The van der Waals surface area contributed by atoms with Crippen molar-refractivity contribution in [1.29, 1.82) is 0 Å². The Labute approximate surface area is 198 Å². The third kappa shape index (κ3) is 3.94. The molecule has 2 fully saturated rings. The van der Waals surface area contributed by atoms with Crippen LogP contribution in [0.5, 0.6) is 0 Å². The molecule has 2 aromatic rings. The normalized spacial score (nSPS) is 22.6. The summed E-state index contributed by atoms with van der Waals surface area (Å²) in [4.78, 5) is 49.7. The molecule has 0 saturated carbocycles. The minimum absolute atomic E-state index is 0.0689. The zero-order chi connectivity index (χ0) is 23.1. The smallest absolute Gasteiger partial charge is 0.264 e. The molecule has 0 N–H and O–H groups in total. The summed E-state index contributed by atoms with van der Waals surface area (Å²) in [6.07, 6.45) is 5.59. The molecule has 0 radical (unpaired) electrons. The van der Waals surface area contributed by atoms with Crippen LogP contribution in [0, 0.1) is 11.8 Å². The molecule has 2 atom stereocenters. The molecular formula is C25H30N4O3S. The predicted octanol–water partition coefficient (Wildman–Crippen LogP) is 3.98. The number of carbonyl (C=O) groups excluding carboxylic acids is 3. The number of benzene rings is 1. The lowest BCUT2D eigenvalue weighted by atomic mass is 9.92. The van der Waals surface area contributed by atoms with Crippen molar-refractivity contribution in [2.24, 2.45) is 11.8 Å². The van der Waals surface area contributed by atoms with Crippen LogP contribution in [0.2, 0.25) is 0 Å². The van der Waals surface area contributed by atoms with E-state index in [0.717, 1.165) is 56.0 Å². The van der Waals surface area contributed by atoms with Gasteiger partial charge >= 0.3 is 0 Å².